The van der Waals surface area contributed by atoms with Gasteiger partial charge >= 0.3 is 5.69 Å². The van der Waals surface area contributed by atoms with E-state index in [4.69, 9.17) is 0 Å². The maximum absolute atomic E-state index is 11.4. The van der Waals surface area contributed by atoms with E-state index in [1.165, 1.54) is 0 Å². The highest BCUT2D eigenvalue weighted by molar-refractivity contribution is 14.1. The quantitative estimate of drug-likeness (QED) is 0.548. The van der Waals surface area contributed by atoms with Crippen molar-refractivity contribution in [1.82, 2.24) is 14.4 Å². The van der Waals surface area contributed by atoms with E-state index in [-0.39, 0.29) is 5.69 Å². The molecule has 2 aromatic rings. The van der Waals surface area contributed by atoms with Crippen molar-refractivity contribution in [1.29, 1.82) is 0 Å². The number of hydrogen-bond acceptors (Lipinski definition) is 2. The predicted octanol–water partition coefficient (Wildman–Crippen LogP) is 1.84. The zero-order valence-corrected chi connectivity index (χ0v) is 12.5. The van der Waals surface area contributed by atoms with Gasteiger partial charge in [-0.25, -0.2) is 14.2 Å². The number of aromatic nitrogens is 3. The van der Waals surface area contributed by atoms with Gasteiger partial charge in [-0.3, -0.25) is 0 Å². The average molecular weight is 513 g/mol. The molecule has 0 bridgehead atoms. The van der Waals surface area contributed by atoms with Crippen LogP contribution in [0.2, 0.25) is 0 Å². The summed E-state index contributed by atoms with van der Waals surface area (Å²) in [6.07, 6.45) is 1.66. The number of aromatic amines is 1. The summed E-state index contributed by atoms with van der Waals surface area (Å²) < 4.78 is 4.23. The van der Waals surface area contributed by atoms with Crippen molar-refractivity contribution in [2.24, 2.45) is 0 Å². The highest BCUT2D eigenvalue weighted by atomic mass is 127. The third kappa shape index (κ3) is 1.62. The van der Waals surface area contributed by atoms with E-state index in [9.17, 15) is 4.79 Å². The minimum Gasteiger partial charge on any atom is -0.313 e. The van der Waals surface area contributed by atoms with Crippen LogP contribution < -0.4 is 5.69 Å². The van der Waals surface area contributed by atoms with Crippen molar-refractivity contribution in [3.63, 3.8) is 0 Å². The molecule has 0 aliphatic carbocycles. The molecular formula is C6H2I3N3O. The summed E-state index contributed by atoms with van der Waals surface area (Å²) in [4.78, 5) is 18.4. The minimum absolute atomic E-state index is 0.143. The van der Waals surface area contributed by atoms with E-state index in [0.29, 0.717) is 0 Å². The second-order valence-corrected chi connectivity index (χ2v) is 5.50. The lowest BCUT2D eigenvalue weighted by Crippen LogP contribution is -2.17. The number of hydrogen-bond donors (Lipinski definition) is 1. The molecule has 0 atom stereocenters. The van der Waals surface area contributed by atoms with E-state index in [1.54, 1.807) is 10.6 Å². The maximum atomic E-state index is 11.4. The monoisotopic (exact) mass is 513 g/mol. The molecule has 0 fully saturated rings. The van der Waals surface area contributed by atoms with Gasteiger partial charge in [0.05, 0.1) is 3.57 Å². The number of rotatable bonds is 0. The first-order chi connectivity index (χ1) is 6.11. The van der Waals surface area contributed by atoms with Gasteiger partial charge in [-0.15, -0.1) is 0 Å². The van der Waals surface area contributed by atoms with E-state index >= 15 is 0 Å². The standard InChI is InChI=1S/C6H2I3N3O/c7-2-1-10-6(13)12-4(9)3(8)11-5(2)12/h1H,(H,10,13). The Labute approximate surface area is 114 Å². The van der Waals surface area contributed by atoms with Gasteiger partial charge in [0.15, 0.2) is 5.65 Å². The summed E-state index contributed by atoms with van der Waals surface area (Å²) in [6.45, 7) is 0. The normalized spacial score (nSPS) is 11.0. The number of imidazole rings is 1. The molecule has 0 saturated heterocycles. The van der Waals surface area contributed by atoms with Crippen molar-refractivity contribution in [3.05, 3.63) is 27.7 Å². The highest BCUT2D eigenvalue weighted by Gasteiger charge is 2.11. The molecule has 0 spiro atoms. The number of H-pyrrole nitrogens is 1. The Morgan fingerprint density at radius 2 is 2.08 bits per heavy atom. The van der Waals surface area contributed by atoms with Gasteiger partial charge in [0.1, 0.15) is 7.40 Å². The number of halogens is 3. The zero-order valence-electron chi connectivity index (χ0n) is 6.01. The van der Waals surface area contributed by atoms with E-state index in [2.05, 4.69) is 77.7 Å². The van der Waals surface area contributed by atoms with Crippen LogP contribution in [0.15, 0.2) is 11.0 Å². The lowest BCUT2D eigenvalue weighted by molar-refractivity contribution is 0.974. The molecule has 2 rings (SSSR count). The number of nitrogens with zero attached hydrogens (tertiary/aromatic N) is 2. The summed E-state index contributed by atoms with van der Waals surface area (Å²) in [5.41, 5.74) is 0.577. The fourth-order valence-electron chi connectivity index (χ4n) is 0.974. The molecule has 0 aliphatic heterocycles. The van der Waals surface area contributed by atoms with Gasteiger partial charge in [-0.1, -0.05) is 0 Å². The van der Waals surface area contributed by atoms with Crippen LogP contribution in [-0.4, -0.2) is 14.4 Å². The van der Waals surface area contributed by atoms with Crippen LogP contribution in [0, 0.1) is 11.0 Å². The molecule has 13 heavy (non-hydrogen) atoms. The van der Waals surface area contributed by atoms with Gasteiger partial charge in [0, 0.05) is 6.20 Å². The Morgan fingerprint density at radius 3 is 2.69 bits per heavy atom. The first-order valence-electron chi connectivity index (χ1n) is 3.22. The van der Waals surface area contributed by atoms with Gasteiger partial charge in [0.2, 0.25) is 0 Å². The Bertz CT molecular complexity index is 530. The van der Waals surface area contributed by atoms with Crippen LogP contribution in [0.4, 0.5) is 0 Å². The number of nitrogens with one attached hydrogen (secondary N) is 1. The minimum atomic E-state index is -0.143. The smallest absolute Gasteiger partial charge is 0.313 e. The second-order valence-electron chi connectivity index (χ2n) is 2.29. The van der Waals surface area contributed by atoms with Crippen LogP contribution >= 0.6 is 67.8 Å². The molecule has 0 radical (unpaired) electrons. The molecule has 1 N–H and O–H groups in total. The topological polar surface area (TPSA) is 50.2 Å². The fraction of sp³-hybridized carbons (Fsp3) is 0. The van der Waals surface area contributed by atoms with Crippen molar-refractivity contribution < 1.29 is 0 Å². The Balaban J connectivity index is 3.09. The Kier molecular flexibility index (Phi) is 2.84. The van der Waals surface area contributed by atoms with E-state index in [0.717, 1.165) is 16.6 Å². The zero-order chi connectivity index (χ0) is 9.59. The molecule has 0 aromatic carbocycles. The molecule has 0 aliphatic rings. The molecule has 7 heteroatoms. The summed E-state index contributed by atoms with van der Waals surface area (Å²) in [6, 6.07) is 0. The summed E-state index contributed by atoms with van der Waals surface area (Å²) in [7, 11) is 0. The van der Waals surface area contributed by atoms with Crippen LogP contribution in [0.25, 0.3) is 5.65 Å². The van der Waals surface area contributed by atoms with Gasteiger partial charge in [0.25, 0.3) is 0 Å². The van der Waals surface area contributed by atoms with Crippen molar-refractivity contribution in [2.75, 3.05) is 0 Å². The molecule has 0 unspecified atom stereocenters. The Morgan fingerprint density at radius 1 is 1.38 bits per heavy atom. The van der Waals surface area contributed by atoms with Crippen molar-refractivity contribution in [3.8, 4) is 0 Å². The molecule has 2 heterocycles. The number of fused-ring (bicyclic) bond motifs is 1. The summed E-state index contributed by atoms with van der Waals surface area (Å²) in [5.74, 6) is 0. The molecule has 4 nitrogen and oxygen atoms in total. The lowest BCUT2D eigenvalue weighted by Gasteiger charge is -1.94. The van der Waals surface area contributed by atoms with Crippen molar-refractivity contribution in [2.45, 2.75) is 0 Å². The second kappa shape index (κ2) is 3.64. The molecule has 0 amide bonds. The van der Waals surface area contributed by atoms with E-state index in [1.807, 2.05) is 0 Å². The molecule has 0 saturated carbocycles. The summed E-state index contributed by atoms with van der Waals surface area (Å²) in [5, 5.41) is 0. The molecule has 68 valence electrons. The third-order valence-electron chi connectivity index (χ3n) is 1.52. The van der Waals surface area contributed by atoms with Crippen molar-refractivity contribution >= 4 is 73.4 Å². The fourth-order valence-corrected chi connectivity index (χ4v) is 2.53. The highest BCUT2D eigenvalue weighted by Crippen LogP contribution is 2.17. The largest absolute Gasteiger partial charge is 0.332 e. The Hall–Kier alpha value is 0.610. The SMILES string of the molecule is O=c1[nH]cc(I)c2nc(I)c(I)n12. The average Bonchev–Trinajstić information content (AvgIpc) is 2.38. The molecular weight excluding hydrogens is 511 g/mol. The third-order valence-corrected chi connectivity index (χ3v) is 5.09. The predicted molar refractivity (Wildman–Crippen MR) is 74.0 cm³/mol. The van der Waals surface area contributed by atoms with E-state index < -0.39 is 0 Å². The van der Waals surface area contributed by atoms with Crippen LogP contribution in [0.5, 0.6) is 0 Å². The maximum Gasteiger partial charge on any atom is 0.332 e. The summed E-state index contributed by atoms with van der Waals surface area (Å²) >= 11 is 6.37. The van der Waals surface area contributed by atoms with Crippen LogP contribution in [-0.2, 0) is 0 Å². The van der Waals surface area contributed by atoms with Gasteiger partial charge < -0.3 is 4.98 Å². The molecule has 2 aromatic heterocycles. The first kappa shape index (κ1) is 10.1. The van der Waals surface area contributed by atoms with Crippen LogP contribution in [0.1, 0.15) is 0 Å². The van der Waals surface area contributed by atoms with Gasteiger partial charge in [-0.05, 0) is 67.8 Å². The lowest BCUT2D eigenvalue weighted by atomic mass is 10.6. The van der Waals surface area contributed by atoms with Gasteiger partial charge in [-0.2, -0.15) is 0 Å². The van der Waals surface area contributed by atoms with Crippen LogP contribution in [0.3, 0.4) is 0 Å². The first-order valence-corrected chi connectivity index (χ1v) is 6.45.